The van der Waals surface area contributed by atoms with Gasteiger partial charge in [0.2, 0.25) is 0 Å². The maximum Gasteiger partial charge on any atom is 0.0447 e. The molecule has 1 heteroatoms. The van der Waals surface area contributed by atoms with E-state index in [4.69, 9.17) is 0 Å². The second kappa shape index (κ2) is 4.74. The Morgan fingerprint density at radius 2 is 1.67 bits per heavy atom. The molecule has 1 nitrogen and oxygen atoms in total. The minimum atomic E-state index is 0.921. The summed E-state index contributed by atoms with van der Waals surface area (Å²) in [5.74, 6) is 0. The number of aromatic nitrogens is 1. The highest BCUT2D eigenvalue weighted by atomic mass is 14.7. The van der Waals surface area contributed by atoms with Gasteiger partial charge in [-0.25, -0.2) is 0 Å². The zero-order valence-electron chi connectivity index (χ0n) is 8.98. The molecule has 0 bridgehead atoms. The molecule has 0 radical (unpaired) electrons. The molecule has 0 fully saturated rings. The van der Waals surface area contributed by atoms with E-state index in [0.29, 0.717) is 0 Å². The Bertz CT molecular complexity index is 403. The van der Waals surface area contributed by atoms with Crippen molar-refractivity contribution in [2.45, 2.75) is 19.8 Å². The lowest BCUT2D eigenvalue weighted by Gasteiger charge is -2.02. The van der Waals surface area contributed by atoms with E-state index < -0.39 is 0 Å². The maximum absolute atomic E-state index is 4.32. The number of hydrogen-bond acceptors (Lipinski definition) is 1. The molecule has 0 N–H and O–H groups in total. The quantitative estimate of drug-likeness (QED) is 0.736. The summed E-state index contributed by atoms with van der Waals surface area (Å²) in [6.07, 6.45) is 3.87. The van der Waals surface area contributed by atoms with Crippen LogP contribution in [0, 0.1) is 0 Å². The number of pyridine rings is 1. The lowest BCUT2D eigenvalue weighted by atomic mass is 10.1. The van der Waals surface area contributed by atoms with E-state index in [1.54, 1.807) is 0 Å². The van der Waals surface area contributed by atoms with Gasteiger partial charge in [0.15, 0.2) is 0 Å². The predicted octanol–water partition coefficient (Wildman–Crippen LogP) is 3.23. The van der Waals surface area contributed by atoms with Crippen LogP contribution >= 0.6 is 0 Å². The van der Waals surface area contributed by atoms with Crippen LogP contribution < -0.4 is 0 Å². The molecule has 2 aromatic rings. The highest BCUT2D eigenvalue weighted by Crippen LogP contribution is 2.09. The van der Waals surface area contributed by atoms with Crippen LogP contribution in [-0.4, -0.2) is 4.98 Å². The maximum atomic E-state index is 4.32. The van der Waals surface area contributed by atoms with E-state index in [1.807, 2.05) is 18.3 Å². The van der Waals surface area contributed by atoms with Crippen LogP contribution in [-0.2, 0) is 12.8 Å². The summed E-state index contributed by atoms with van der Waals surface area (Å²) in [6.45, 7) is 2.17. The lowest BCUT2D eigenvalue weighted by Crippen LogP contribution is -1.91. The van der Waals surface area contributed by atoms with Crippen molar-refractivity contribution in [3.63, 3.8) is 0 Å². The predicted molar refractivity (Wildman–Crippen MR) is 62.9 cm³/mol. The van der Waals surface area contributed by atoms with Crippen molar-refractivity contribution in [1.82, 2.24) is 4.98 Å². The van der Waals surface area contributed by atoms with E-state index in [9.17, 15) is 0 Å². The van der Waals surface area contributed by atoms with Crippen molar-refractivity contribution in [2.75, 3.05) is 0 Å². The van der Waals surface area contributed by atoms with Crippen LogP contribution in [0.3, 0.4) is 0 Å². The highest BCUT2D eigenvalue weighted by molar-refractivity contribution is 5.26. The first-order chi connectivity index (χ1) is 7.38. The first-order valence-electron chi connectivity index (χ1n) is 5.36. The van der Waals surface area contributed by atoms with E-state index in [0.717, 1.165) is 18.5 Å². The van der Waals surface area contributed by atoms with Crippen molar-refractivity contribution >= 4 is 0 Å². The normalized spacial score (nSPS) is 10.2. The van der Waals surface area contributed by atoms with Crippen molar-refractivity contribution in [3.05, 3.63) is 65.5 Å². The highest BCUT2D eigenvalue weighted by Gasteiger charge is 1.96. The van der Waals surface area contributed by atoms with Gasteiger partial charge < -0.3 is 0 Å². The monoisotopic (exact) mass is 197 g/mol. The fourth-order valence-electron chi connectivity index (χ4n) is 1.60. The van der Waals surface area contributed by atoms with Gasteiger partial charge in [0.1, 0.15) is 0 Å². The SMILES string of the molecule is CCc1ccc(Cc2ccccn2)cc1. The van der Waals surface area contributed by atoms with Crippen molar-refractivity contribution in [2.24, 2.45) is 0 Å². The fraction of sp³-hybridized carbons (Fsp3) is 0.214. The molecule has 0 aliphatic carbocycles. The van der Waals surface area contributed by atoms with Crippen LogP contribution in [0.4, 0.5) is 0 Å². The van der Waals surface area contributed by atoms with Gasteiger partial charge in [-0.15, -0.1) is 0 Å². The molecule has 0 atom stereocenters. The number of nitrogens with zero attached hydrogens (tertiary/aromatic N) is 1. The van der Waals surface area contributed by atoms with Gasteiger partial charge in [-0.1, -0.05) is 37.3 Å². The summed E-state index contributed by atoms with van der Waals surface area (Å²) < 4.78 is 0. The standard InChI is InChI=1S/C14H15N/c1-2-12-6-8-13(9-7-12)11-14-5-3-4-10-15-14/h3-10H,2,11H2,1H3. The molecule has 2 rings (SSSR count). The summed E-state index contributed by atoms with van der Waals surface area (Å²) in [5, 5.41) is 0. The molecule has 0 unspecified atom stereocenters. The summed E-state index contributed by atoms with van der Waals surface area (Å²) in [6, 6.07) is 14.8. The van der Waals surface area contributed by atoms with Crippen LogP contribution in [0.15, 0.2) is 48.7 Å². The van der Waals surface area contributed by atoms with Gasteiger partial charge in [-0.2, -0.15) is 0 Å². The molecular formula is C14H15N. The third-order valence-corrected chi connectivity index (χ3v) is 2.54. The summed E-state index contributed by atoms with van der Waals surface area (Å²) in [5.41, 5.74) is 3.84. The van der Waals surface area contributed by atoms with Gasteiger partial charge in [0.05, 0.1) is 0 Å². The van der Waals surface area contributed by atoms with Gasteiger partial charge >= 0.3 is 0 Å². The Hall–Kier alpha value is -1.63. The van der Waals surface area contributed by atoms with Crippen molar-refractivity contribution < 1.29 is 0 Å². The van der Waals surface area contributed by atoms with Gasteiger partial charge in [0, 0.05) is 18.3 Å². The molecule has 0 saturated carbocycles. The molecular weight excluding hydrogens is 182 g/mol. The van der Waals surface area contributed by atoms with Gasteiger partial charge in [-0.3, -0.25) is 4.98 Å². The molecule has 1 heterocycles. The number of rotatable bonds is 3. The van der Waals surface area contributed by atoms with Crippen LogP contribution in [0.2, 0.25) is 0 Å². The number of hydrogen-bond donors (Lipinski definition) is 0. The molecule has 1 aromatic carbocycles. The third kappa shape index (κ3) is 2.66. The molecule has 0 saturated heterocycles. The second-order valence-corrected chi connectivity index (χ2v) is 3.67. The largest absolute Gasteiger partial charge is 0.261 e. The number of benzene rings is 1. The van der Waals surface area contributed by atoms with E-state index in [2.05, 4.69) is 42.2 Å². The first-order valence-corrected chi connectivity index (χ1v) is 5.36. The Kier molecular flexibility index (Phi) is 3.13. The molecule has 0 spiro atoms. The van der Waals surface area contributed by atoms with Gasteiger partial charge in [0.25, 0.3) is 0 Å². The van der Waals surface area contributed by atoms with Crippen LogP contribution in [0.25, 0.3) is 0 Å². The Balaban J connectivity index is 2.11. The molecule has 0 amide bonds. The first kappa shape index (κ1) is 9.91. The minimum Gasteiger partial charge on any atom is -0.261 e. The number of aryl methyl sites for hydroxylation is 1. The van der Waals surface area contributed by atoms with Gasteiger partial charge in [-0.05, 0) is 29.7 Å². The Morgan fingerprint density at radius 3 is 2.27 bits per heavy atom. The lowest BCUT2D eigenvalue weighted by molar-refractivity contribution is 1.06. The second-order valence-electron chi connectivity index (χ2n) is 3.67. The average Bonchev–Trinajstić information content (AvgIpc) is 2.31. The van der Waals surface area contributed by atoms with Crippen molar-refractivity contribution in [1.29, 1.82) is 0 Å². The summed E-state index contributed by atoms with van der Waals surface area (Å²) in [4.78, 5) is 4.32. The third-order valence-electron chi connectivity index (χ3n) is 2.54. The zero-order valence-corrected chi connectivity index (χ0v) is 8.98. The smallest absolute Gasteiger partial charge is 0.0447 e. The van der Waals surface area contributed by atoms with E-state index >= 15 is 0 Å². The average molecular weight is 197 g/mol. The topological polar surface area (TPSA) is 12.9 Å². The summed E-state index contributed by atoms with van der Waals surface area (Å²) >= 11 is 0. The molecule has 0 aliphatic rings. The van der Waals surface area contributed by atoms with Crippen LogP contribution in [0.1, 0.15) is 23.7 Å². The molecule has 1 aromatic heterocycles. The molecule has 0 aliphatic heterocycles. The molecule has 15 heavy (non-hydrogen) atoms. The minimum absolute atomic E-state index is 0.921. The zero-order chi connectivity index (χ0) is 10.5. The Labute approximate surface area is 90.8 Å². The van der Waals surface area contributed by atoms with Crippen LogP contribution in [0.5, 0.6) is 0 Å². The summed E-state index contributed by atoms with van der Waals surface area (Å²) in [7, 11) is 0. The fourth-order valence-corrected chi connectivity index (χ4v) is 1.60. The van der Waals surface area contributed by atoms with E-state index in [-0.39, 0.29) is 0 Å². The Morgan fingerprint density at radius 1 is 0.933 bits per heavy atom. The molecule has 76 valence electrons. The van der Waals surface area contributed by atoms with Crippen molar-refractivity contribution in [3.8, 4) is 0 Å². The van der Waals surface area contributed by atoms with E-state index in [1.165, 1.54) is 11.1 Å².